The molecule has 2 aliphatic rings. The van der Waals surface area contributed by atoms with Gasteiger partial charge >= 0.3 is 6.03 Å². The van der Waals surface area contributed by atoms with E-state index >= 15 is 0 Å². The molecular weight excluding hydrogens is 486 g/mol. The molecular formula is C28H33N5O3S. The van der Waals surface area contributed by atoms with Crippen LogP contribution in [0.1, 0.15) is 60.2 Å². The molecule has 9 heteroatoms. The first-order chi connectivity index (χ1) is 17.6. The van der Waals surface area contributed by atoms with Crippen LogP contribution in [0.15, 0.2) is 58.4 Å². The van der Waals surface area contributed by atoms with Crippen molar-refractivity contribution in [3.8, 4) is 5.69 Å². The Labute approximate surface area is 217 Å². The Bertz CT molecular complexity index is 1470. The quantitative estimate of drug-likeness (QED) is 0.407. The Morgan fingerprint density at radius 1 is 1.16 bits per heavy atom. The topological polar surface area (TPSA) is 123 Å². The zero-order valence-electron chi connectivity index (χ0n) is 21.3. The molecule has 2 aliphatic carbocycles. The largest absolute Gasteiger partial charge is 0.384 e. The van der Waals surface area contributed by atoms with Crippen LogP contribution in [-0.4, -0.2) is 25.1 Å². The van der Waals surface area contributed by atoms with E-state index in [4.69, 9.17) is 5.14 Å². The summed E-state index contributed by atoms with van der Waals surface area (Å²) in [5, 5.41) is 24.1. The maximum Gasteiger partial charge on any atom is 0.354 e. The number of carbonyl (C=O) groups is 1. The minimum atomic E-state index is -3.69. The number of amides is 2. The average molecular weight is 520 g/mol. The first-order valence-electron chi connectivity index (χ1n) is 12.6. The molecule has 0 radical (unpaired) electrons. The van der Waals surface area contributed by atoms with Crippen LogP contribution in [0, 0.1) is 0 Å². The average Bonchev–Trinajstić information content (AvgIpc) is 3.60. The van der Waals surface area contributed by atoms with Gasteiger partial charge in [0, 0.05) is 11.8 Å². The Morgan fingerprint density at radius 3 is 2.32 bits per heavy atom. The number of nitrogens with two attached hydrogens (primary N) is 1. The Balaban J connectivity index is 1.53. The zero-order valence-corrected chi connectivity index (χ0v) is 22.1. The molecule has 1 heterocycles. The number of hydrogen-bond donors (Lipinski definition) is 3. The van der Waals surface area contributed by atoms with Gasteiger partial charge in [0.1, 0.15) is 5.60 Å². The predicted molar refractivity (Wildman–Crippen MR) is 145 cm³/mol. The second kappa shape index (κ2) is 9.55. The second-order valence-electron chi connectivity index (χ2n) is 10.2. The Kier molecular flexibility index (Phi) is 6.55. The smallest absolute Gasteiger partial charge is 0.354 e. The first-order valence-corrected chi connectivity index (χ1v) is 14.2. The van der Waals surface area contributed by atoms with Gasteiger partial charge in [0.25, 0.3) is 0 Å². The van der Waals surface area contributed by atoms with Crippen molar-refractivity contribution < 1.29 is 14.1 Å². The fourth-order valence-corrected chi connectivity index (χ4v) is 6.48. The van der Waals surface area contributed by atoms with Crippen molar-refractivity contribution in [2.24, 2.45) is 9.50 Å². The molecule has 0 saturated carbocycles. The maximum atomic E-state index is 13.5. The highest BCUT2D eigenvalue weighted by Gasteiger charge is 2.30. The van der Waals surface area contributed by atoms with Gasteiger partial charge in [-0.2, -0.15) is 5.10 Å². The molecule has 0 spiro atoms. The number of nitrogens with one attached hydrogen (secondary N) is 1. The number of fused-ring (bicyclic) bond motifs is 2. The summed E-state index contributed by atoms with van der Waals surface area (Å²) in [6.07, 6.45) is 8.58. The zero-order chi connectivity index (χ0) is 26.4. The minimum absolute atomic E-state index is 0.0691. The van der Waals surface area contributed by atoms with Gasteiger partial charge in [0.15, 0.2) is 14.9 Å². The van der Waals surface area contributed by atoms with Gasteiger partial charge < -0.3 is 10.4 Å². The van der Waals surface area contributed by atoms with Crippen LogP contribution >= 0.6 is 0 Å². The van der Waals surface area contributed by atoms with Gasteiger partial charge in [0.05, 0.1) is 11.4 Å². The molecule has 3 aromatic rings. The summed E-state index contributed by atoms with van der Waals surface area (Å²) < 4.78 is 18.9. The highest BCUT2D eigenvalue weighted by molar-refractivity contribution is 7.91. The molecule has 5 rings (SSSR count). The molecule has 37 heavy (non-hydrogen) atoms. The van der Waals surface area contributed by atoms with Crippen LogP contribution in [-0.2, 0) is 47.6 Å². The monoisotopic (exact) mass is 519 g/mol. The second-order valence-corrected chi connectivity index (χ2v) is 12.0. The lowest BCUT2D eigenvalue weighted by molar-refractivity contribution is 0.0711. The van der Waals surface area contributed by atoms with Crippen molar-refractivity contribution >= 4 is 21.6 Å². The van der Waals surface area contributed by atoms with Crippen LogP contribution in [0.3, 0.4) is 0 Å². The van der Waals surface area contributed by atoms with Gasteiger partial charge in [-0.1, -0.05) is 24.3 Å². The summed E-state index contributed by atoms with van der Waals surface area (Å²) in [4.78, 5) is 13.1. The fourth-order valence-electron chi connectivity index (χ4n) is 5.61. The molecule has 2 amide bonds. The molecule has 0 fully saturated rings. The molecule has 1 unspecified atom stereocenters. The summed E-state index contributed by atoms with van der Waals surface area (Å²) in [6, 6.07) is 9.84. The number of hydrogen-bond acceptors (Lipinski definition) is 4. The lowest BCUT2D eigenvalue weighted by Gasteiger charge is -2.19. The molecule has 1 atom stereocenters. The van der Waals surface area contributed by atoms with E-state index in [1.54, 1.807) is 13.8 Å². The summed E-state index contributed by atoms with van der Waals surface area (Å²) in [6.45, 7) is 7.14. The number of urea groups is 1. The number of para-hydroxylation sites is 1. The molecule has 1 aromatic heterocycles. The lowest BCUT2D eigenvalue weighted by atomic mass is 9.90. The number of rotatable bonds is 6. The van der Waals surface area contributed by atoms with Crippen molar-refractivity contribution in [3.05, 3.63) is 82.6 Å². The number of benzene rings is 2. The number of anilines is 1. The minimum Gasteiger partial charge on any atom is -0.384 e. The summed E-state index contributed by atoms with van der Waals surface area (Å²) in [5.41, 5.74) is 6.84. The van der Waals surface area contributed by atoms with E-state index in [0.717, 1.165) is 61.8 Å². The van der Waals surface area contributed by atoms with Crippen molar-refractivity contribution in [2.75, 3.05) is 5.32 Å². The molecule has 194 valence electrons. The van der Waals surface area contributed by atoms with Crippen molar-refractivity contribution in [1.29, 1.82) is 0 Å². The SMILES string of the molecule is C=CCc1c2c(c(NC(=O)N=S(N)(=O)c3cc(C(C)(C)O)n(-c4ccccc4)n3)c3c1CCC3)CCC2. The molecule has 0 bridgehead atoms. The Morgan fingerprint density at radius 2 is 1.76 bits per heavy atom. The highest BCUT2D eigenvalue weighted by atomic mass is 32.2. The van der Waals surface area contributed by atoms with Crippen LogP contribution in [0.5, 0.6) is 0 Å². The number of aliphatic hydroxyl groups is 1. The van der Waals surface area contributed by atoms with Crippen molar-refractivity contribution in [2.45, 2.75) is 69.4 Å². The maximum absolute atomic E-state index is 13.5. The van der Waals surface area contributed by atoms with Crippen LogP contribution in [0.25, 0.3) is 5.69 Å². The van der Waals surface area contributed by atoms with E-state index in [-0.39, 0.29) is 5.03 Å². The van der Waals surface area contributed by atoms with Crippen LogP contribution in [0.4, 0.5) is 10.5 Å². The molecule has 0 aliphatic heterocycles. The standard InChI is InChI=1S/C28H33N5O3S/c1-4-10-19-20-13-8-15-22(20)26(23-16-9-14-21(19)23)30-27(34)32-37(29,36)25-17-24(28(2,3)35)33(31-25)18-11-6-5-7-12-18/h4-7,11-12,17,35H,1,8-10,13-16H2,2-3H3,(H3,29,30,32,34,36). The molecule has 2 aromatic carbocycles. The van der Waals surface area contributed by atoms with Gasteiger partial charge in [-0.05, 0) is 98.7 Å². The lowest BCUT2D eigenvalue weighted by Crippen LogP contribution is -2.20. The van der Waals surface area contributed by atoms with Crippen molar-refractivity contribution in [3.63, 3.8) is 0 Å². The third kappa shape index (κ3) is 4.74. The third-order valence-electron chi connectivity index (χ3n) is 7.18. The summed E-state index contributed by atoms with van der Waals surface area (Å²) in [7, 11) is -3.69. The molecule has 0 saturated heterocycles. The van der Waals surface area contributed by atoms with E-state index in [9.17, 15) is 14.1 Å². The normalized spacial score (nSPS) is 16.1. The van der Waals surface area contributed by atoms with Crippen LogP contribution in [0.2, 0.25) is 0 Å². The van der Waals surface area contributed by atoms with Gasteiger partial charge in [0.2, 0.25) is 0 Å². The molecule has 8 nitrogen and oxygen atoms in total. The van der Waals surface area contributed by atoms with Gasteiger partial charge in [-0.3, -0.25) is 0 Å². The van der Waals surface area contributed by atoms with E-state index in [1.807, 2.05) is 36.4 Å². The van der Waals surface area contributed by atoms with Crippen molar-refractivity contribution in [1.82, 2.24) is 9.78 Å². The van der Waals surface area contributed by atoms with E-state index in [2.05, 4.69) is 21.4 Å². The van der Waals surface area contributed by atoms with Crippen LogP contribution < -0.4 is 10.5 Å². The van der Waals surface area contributed by atoms with Gasteiger partial charge in [-0.15, -0.1) is 10.9 Å². The summed E-state index contributed by atoms with van der Waals surface area (Å²) >= 11 is 0. The van der Waals surface area contributed by atoms with E-state index in [1.165, 1.54) is 27.4 Å². The van der Waals surface area contributed by atoms with Gasteiger partial charge in [-0.25, -0.2) is 18.8 Å². The Hall–Kier alpha value is -3.27. The number of nitrogens with zero attached hydrogens (tertiary/aromatic N) is 3. The molecule has 4 N–H and O–H groups in total. The van der Waals surface area contributed by atoms with E-state index < -0.39 is 21.5 Å². The highest BCUT2D eigenvalue weighted by Crippen LogP contribution is 2.42. The summed E-state index contributed by atoms with van der Waals surface area (Å²) in [5.74, 6) is 0. The number of aromatic nitrogens is 2. The number of allylic oxidation sites excluding steroid dienone is 1. The number of carbonyl (C=O) groups excluding carboxylic acids is 1. The third-order valence-corrected chi connectivity index (χ3v) is 8.42. The van der Waals surface area contributed by atoms with E-state index in [0.29, 0.717) is 11.4 Å². The fraction of sp³-hybridized carbons (Fsp3) is 0.357. The predicted octanol–water partition coefficient (Wildman–Crippen LogP) is 4.74. The first kappa shape index (κ1) is 25.4.